The van der Waals surface area contributed by atoms with Crippen molar-refractivity contribution in [3.8, 4) is 45.6 Å². The van der Waals surface area contributed by atoms with Crippen LogP contribution in [0.1, 0.15) is 0 Å². The van der Waals surface area contributed by atoms with Gasteiger partial charge in [-0.2, -0.15) is 0 Å². The molecule has 0 amide bonds. The maximum absolute atomic E-state index is 8.34. The molecule has 0 unspecified atom stereocenters. The maximum Gasteiger partial charge on any atom is 0.164 e. The van der Waals surface area contributed by atoms with Crippen LogP contribution in [0.2, 0.25) is 0 Å². The second-order valence-electron chi connectivity index (χ2n) is 9.79. The van der Waals surface area contributed by atoms with Crippen molar-refractivity contribution in [1.82, 2.24) is 39.9 Å². The zero-order chi connectivity index (χ0) is 28.2. The molecule has 2 aliphatic rings. The van der Waals surface area contributed by atoms with Gasteiger partial charge in [0.25, 0.3) is 0 Å². The summed E-state index contributed by atoms with van der Waals surface area (Å²) in [5.41, 5.74) is 6.45. The number of aromatic amines is 2. The van der Waals surface area contributed by atoms with Crippen LogP contribution in [-0.2, 0) is 3.08 Å². The molecule has 0 fully saturated rings. The van der Waals surface area contributed by atoms with E-state index in [1.807, 2.05) is 97.1 Å². The summed E-state index contributed by atoms with van der Waals surface area (Å²) in [6.07, 6.45) is 0. The molecular weight excluding hydrogens is 631 g/mol. The topological polar surface area (TPSA) is 126 Å². The summed E-state index contributed by atoms with van der Waals surface area (Å²) >= 11 is 0.300. The van der Waals surface area contributed by atoms with Crippen LogP contribution in [0.3, 0.4) is 0 Å². The van der Waals surface area contributed by atoms with Crippen molar-refractivity contribution in [2.45, 2.75) is 0 Å². The first-order valence-electron chi connectivity index (χ1n) is 13.2. The minimum Gasteiger partial charge on any atom is -0.324 e. The van der Waals surface area contributed by atoms with E-state index in [0.717, 1.165) is 43.8 Å². The molecule has 2 N–H and O–H groups in total. The fourth-order valence-corrected chi connectivity index (χ4v) is 5.59. The zero-order valence-electron chi connectivity index (χ0n) is 21.8. The predicted molar refractivity (Wildman–Crippen MR) is 162 cm³/mol. The van der Waals surface area contributed by atoms with E-state index in [9.17, 15) is 0 Å². The Morgan fingerprint density at radius 2 is 0.595 bits per heavy atom. The molecule has 8 bridgehead atoms. The Kier molecular flexibility index (Phi) is 5.71. The first-order valence-corrected chi connectivity index (χ1v) is 14.4. The van der Waals surface area contributed by atoms with Gasteiger partial charge in [0.2, 0.25) is 0 Å². The third kappa shape index (κ3) is 3.77. The first kappa shape index (κ1) is 24.6. The molecule has 7 aromatic rings. The molecule has 9 nitrogen and oxygen atoms in total. The standard InChI is InChI=1S/C32H18N8.O.Sn/c1-2-10-18-17(9-1)25-33-26(18)38-28-21-13-5-6-14-22(21)30(35-28)40-32-24-16-8-7-15-23(24)31(36-32)39-29-20-12-4-3-11-19(20)27(34-29)37-25;;/h1-16H,(H2,33,34,35,36,37,38,39,40);;. The second-order valence-corrected chi connectivity index (χ2v) is 9.79. The van der Waals surface area contributed by atoms with E-state index in [2.05, 4.69) is 9.97 Å². The summed E-state index contributed by atoms with van der Waals surface area (Å²) < 4.78 is 8.34. The van der Waals surface area contributed by atoms with Gasteiger partial charge >= 0.3 is 25.6 Å². The molecule has 0 saturated heterocycles. The van der Waals surface area contributed by atoms with Gasteiger partial charge in [-0.3, -0.25) is 0 Å². The molecular formula is C32H18N8OSn. The van der Waals surface area contributed by atoms with E-state index in [1.165, 1.54) is 0 Å². The van der Waals surface area contributed by atoms with E-state index in [4.69, 9.17) is 33.0 Å². The Labute approximate surface area is 251 Å². The second kappa shape index (κ2) is 9.74. The molecule has 0 atom stereocenters. The molecule has 3 aromatic heterocycles. The number of nitrogens with zero attached hydrogens (tertiary/aromatic N) is 6. The molecule has 0 aliphatic carbocycles. The summed E-state index contributed by atoms with van der Waals surface area (Å²) in [5, 5.41) is 3.82. The largest absolute Gasteiger partial charge is 0.324 e. The third-order valence-corrected chi connectivity index (χ3v) is 7.46. The Morgan fingerprint density at radius 3 is 0.857 bits per heavy atom. The molecule has 4 aromatic carbocycles. The number of nitrogens with one attached hydrogen (secondary N) is 2. The van der Waals surface area contributed by atoms with E-state index < -0.39 is 0 Å². The Hall–Kier alpha value is -5.16. The van der Waals surface area contributed by atoms with Crippen LogP contribution in [0.25, 0.3) is 89.7 Å². The maximum atomic E-state index is 8.34. The average molecular weight is 649 g/mol. The minimum atomic E-state index is 0.300. The Bertz CT molecular complexity index is 2060. The molecule has 0 saturated carbocycles. The summed E-state index contributed by atoms with van der Waals surface area (Å²) in [7, 11) is 0. The van der Waals surface area contributed by atoms with Gasteiger partial charge in [-0.05, 0) is 0 Å². The monoisotopic (exact) mass is 650 g/mol. The third-order valence-electron chi connectivity index (χ3n) is 7.46. The predicted octanol–water partition coefficient (Wildman–Crippen LogP) is 6.37. The fourth-order valence-electron chi connectivity index (χ4n) is 5.59. The number of H-pyrrole nitrogens is 2. The normalized spacial score (nSPS) is 11.5. The van der Waals surface area contributed by atoms with Gasteiger partial charge in [-0.25, -0.2) is 29.9 Å². The number of hydrogen-bond donors (Lipinski definition) is 2. The molecule has 5 heterocycles. The molecule has 0 spiro atoms. The molecule has 2 aliphatic heterocycles. The van der Waals surface area contributed by atoms with Crippen LogP contribution in [-0.4, -0.2) is 62.4 Å². The van der Waals surface area contributed by atoms with Crippen molar-refractivity contribution in [3.63, 3.8) is 0 Å². The van der Waals surface area contributed by atoms with Gasteiger partial charge in [-0.15, -0.1) is 0 Å². The average Bonchev–Trinajstić information content (AvgIpc) is 3.78. The number of fused-ring (bicyclic) bond motifs is 20. The van der Waals surface area contributed by atoms with Crippen molar-refractivity contribution in [2.24, 2.45) is 0 Å². The van der Waals surface area contributed by atoms with Crippen LogP contribution < -0.4 is 0 Å². The van der Waals surface area contributed by atoms with E-state index >= 15 is 0 Å². The van der Waals surface area contributed by atoms with Crippen molar-refractivity contribution >= 4 is 66.6 Å². The Balaban J connectivity index is 0.00000131. The smallest absolute Gasteiger partial charge is 0.164 e. The summed E-state index contributed by atoms with van der Waals surface area (Å²) in [6.45, 7) is 0. The van der Waals surface area contributed by atoms with Gasteiger partial charge in [0.1, 0.15) is 22.6 Å². The van der Waals surface area contributed by atoms with Crippen LogP contribution in [0, 0.1) is 0 Å². The molecule has 2 radical (unpaired) electrons. The van der Waals surface area contributed by atoms with Crippen LogP contribution in [0.15, 0.2) is 97.1 Å². The van der Waals surface area contributed by atoms with Crippen LogP contribution >= 0.6 is 0 Å². The summed E-state index contributed by atoms with van der Waals surface area (Å²) in [6, 6.07) is 32.2. The quantitative estimate of drug-likeness (QED) is 0.183. The molecule has 42 heavy (non-hydrogen) atoms. The number of benzene rings is 4. The van der Waals surface area contributed by atoms with Crippen LogP contribution in [0.4, 0.5) is 0 Å². The summed E-state index contributed by atoms with van der Waals surface area (Å²) in [4.78, 5) is 36.8. The van der Waals surface area contributed by atoms with Crippen LogP contribution in [0.5, 0.6) is 0 Å². The van der Waals surface area contributed by atoms with Gasteiger partial charge < -0.3 is 9.97 Å². The van der Waals surface area contributed by atoms with Crippen molar-refractivity contribution in [1.29, 1.82) is 0 Å². The molecule has 196 valence electrons. The van der Waals surface area contributed by atoms with Crippen molar-refractivity contribution in [3.05, 3.63) is 97.1 Å². The van der Waals surface area contributed by atoms with Gasteiger partial charge in [0, 0.05) is 43.8 Å². The number of rotatable bonds is 0. The number of hydrogen-bond acceptors (Lipinski definition) is 7. The summed E-state index contributed by atoms with van der Waals surface area (Å²) in [5.74, 6) is 2.39. The Morgan fingerprint density at radius 1 is 0.357 bits per heavy atom. The minimum absolute atomic E-state index is 0.300. The van der Waals surface area contributed by atoms with E-state index in [-0.39, 0.29) is 0 Å². The van der Waals surface area contributed by atoms with E-state index in [0.29, 0.717) is 68.4 Å². The fraction of sp³-hybridized carbons (Fsp3) is 0. The van der Waals surface area contributed by atoms with Gasteiger partial charge in [0.05, 0.1) is 0 Å². The van der Waals surface area contributed by atoms with Crippen molar-refractivity contribution in [2.75, 3.05) is 0 Å². The van der Waals surface area contributed by atoms with Crippen molar-refractivity contribution < 1.29 is 3.08 Å². The molecule has 9 rings (SSSR count). The SMILES string of the molecule is [O]=[Sn].c1ccc2c(c1)-c1nc-2nc2[nH]c(nc3nc(nc4[nH]c(n1)c1ccccc41)-c1ccccc1-3)c1ccccc21. The van der Waals surface area contributed by atoms with Gasteiger partial charge in [0.15, 0.2) is 23.3 Å². The zero-order valence-corrected chi connectivity index (χ0v) is 24.7. The van der Waals surface area contributed by atoms with E-state index in [1.54, 1.807) is 0 Å². The first-order chi connectivity index (χ1) is 20.8. The molecule has 10 heteroatoms. The number of aromatic nitrogens is 8. The van der Waals surface area contributed by atoms with Gasteiger partial charge in [-0.1, -0.05) is 97.1 Å².